The molecule has 0 bridgehead atoms. The number of rotatable bonds is 5. The molecule has 150 valence electrons. The maximum atomic E-state index is 12.7. The molecule has 2 heterocycles. The first-order valence-electron chi connectivity index (χ1n) is 8.97. The summed E-state index contributed by atoms with van der Waals surface area (Å²) in [6.45, 7) is 0.872. The second-order valence-electron chi connectivity index (χ2n) is 6.75. The van der Waals surface area contributed by atoms with Crippen LogP contribution in [0.4, 0.5) is 13.2 Å². The van der Waals surface area contributed by atoms with E-state index in [1.807, 2.05) is 0 Å². The van der Waals surface area contributed by atoms with Crippen molar-refractivity contribution < 1.29 is 27.9 Å². The predicted molar refractivity (Wildman–Crippen MR) is 93.8 cm³/mol. The summed E-state index contributed by atoms with van der Waals surface area (Å²) in [7, 11) is 0. The molecule has 1 aromatic carbocycles. The number of aromatic nitrogens is 2. The monoisotopic (exact) mass is 395 g/mol. The highest BCUT2D eigenvalue weighted by Gasteiger charge is 2.34. The van der Waals surface area contributed by atoms with Crippen molar-refractivity contribution in [2.75, 3.05) is 13.1 Å². The number of hydrogen-bond acceptors (Lipinski definition) is 3. The Kier molecular flexibility index (Phi) is 5.71. The second kappa shape index (κ2) is 8.04. The van der Waals surface area contributed by atoms with Gasteiger partial charge in [-0.25, -0.2) is 4.79 Å². The smallest absolute Gasteiger partial charge is 0.435 e. The van der Waals surface area contributed by atoms with Gasteiger partial charge in [0.05, 0.1) is 11.6 Å². The highest BCUT2D eigenvalue weighted by Crippen LogP contribution is 2.29. The van der Waals surface area contributed by atoms with Gasteiger partial charge in [-0.3, -0.25) is 9.48 Å². The number of benzene rings is 1. The molecule has 1 aliphatic heterocycles. The van der Waals surface area contributed by atoms with Crippen LogP contribution in [0.2, 0.25) is 0 Å². The van der Waals surface area contributed by atoms with Crippen molar-refractivity contribution in [3.8, 4) is 0 Å². The van der Waals surface area contributed by atoms with Gasteiger partial charge in [-0.1, -0.05) is 18.2 Å². The van der Waals surface area contributed by atoms with E-state index < -0.39 is 17.8 Å². The lowest BCUT2D eigenvalue weighted by molar-refractivity contribution is -0.141. The van der Waals surface area contributed by atoms with Crippen LogP contribution in [0, 0.1) is 0 Å². The normalized spacial score (nSPS) is 15.6. The summed E-state index contributed by atoms with van der Waals surface area (Å²) in [5.74, 6) is -1.11. The van der Waals surface area contributed by atoms with Crippen molar-refractivity contribution >= 4 is 11.9 Å². The minimum absolute atomic E-state index is 0.0879. The molecule has 0 radical (unpaired) electrons. The number of likely N-dealkylation sites (tertiary alicyclic amines) is 1. The fraction of sp³-hybridized carbons (Fsp3) is 0.421. The quantitative estimate of drug-likeness (QED) is 0.842. The van der Waals surface area contributed by atoms with Gasteiger partial charge in [0.1, 0.15) is 0 Å². The highest BCUT2D eigenvalue weighted by molar-refractivity contribution is 5.89. The third kappa shape index (κ3) is 4.52. The number of hydrogen-bond donors (Lipinski definition) is 1. The van der Waals surface area contributed by atoms with E-state index in [-0.39, 0.29) is 23.9 Å². The molecular formula is C19H20F3N3O3. The zero-order chi connectivity index (χ0) is 20.3. The predicted octanol–water partition coefficient (Wildman–Crippen LogP) is 3.40. The molecule has 1 N–H and O–H groups in total. The summed E-state index contributed by atoms with van der Waals surface area (Å²) in [6.07, 6.45) is -1.57. The first-order valence-corrected chi connectivity index (χ1v) is 8.97. The summed E-state index contributed by atoms with van der Waals surface area (Å²) in [6, 6.07) is 7.35. The van der Waals surface area contributed by atoms with Crippen molar-refractivity contribution in [3.05, 3.63) is 53.3 Å². The van der Waals surface area contributed by atoms with Crippen LogP contribution in [0.25, 0.3) is 0 Å². The molecule has 0 aliphatic carbocycles. The Morgan fingerprint density at radius 2 is 1.82 bits per heavy atom. The van der Waals surface area contributed by atoms with Crippen LogP contribution in [0.3, 0.4) is 0 Å². The Bertz CT molecular complexity index is 855. The molecule has 6 nitrogen and oxygen atoms in total. The number of carbonyl (C=O) groups is 2. The SMILES string of the molecule is O=C(O)c1ccccc1CCC(=O)N1CCC(n2ccc(C(F)(F)F)n2)CC1. The number of aromatic carboxylic acids is 1. The summed E-state index contributed by atoms with van der Waals surface area (Å²) in [5, 5.41) is 12.8. The lowest BCUT2D eigenvalue weighted by atomic mass is 10.0. The average Bonchev–Trinajstić information content (AvgIpc) is 3.17. The topological polar surface area (TPSA) is 75.4 Å². The van der Waals surface area contributed by atoms with Crippen LogP contribution in [0.1, 0.15) is 46.9 Å². The van der Waals surface area contributed by atoms with Gasteiger partial charge in [-0.2, -0.15) is 18.3 Å². The van der Waals surface area contributed by atoms with Gasteiger partial charge in [0.25, 0.3) is 0 Å². The van der Waals surface area contributed by atoms with Crippen molar-refractivity contribution in [2.24, 2.45) is 0 Å². The highest BCUT2D eigenvalue weighted by atomic mass is 19.4. The lowest BCUT2D eigenvalue weighted by Crippen LogP contribution is -2.39. The number of carboxylic acid groups (broad SMARTS) is 1. The van der Waals surface area contributed by atoms with Gasteiger partial charge < -0.3 is 10.0 Å². The second-order valence-corrected chi connectivity index (χ2v) is 6.75. The Morgan fingerprint density at radius 3 is 2.43 bits per heavy atom. The van der Waals surface area contributed by atoms with Gasteiger partial charge in [-0.05, 0) is 37.0 Å². The standard InChI is InChI=1S/C19H20F3N3O3/c20-19(21,22)16-9-12-25(23-16)14-7-10-24(11-8-14)17(26)6-5-13-3-1-2-4-15(13)18(27)28/h1-4,9,12,14H,5-8,10-11H2,(H,27,28). The van der Waals surface area contributed by atoms with E-state index >= 15 is 0 Å². The number of piperidine rings is 1. The zero-order valence-corrected chi connectivity index (χ0v) is 15.0. The molecule has 0 saturated carbocycles. The molecule has 0 atom stereocenters. The third-order valence-electron chi connectivity index (χ3n) is 4.95. The Balaban J connectivity index is 1.53. The van der Waals surface area contributed by atoms with Gasteiger partial charge in [0, 0.05) is 25.7 Å². The van der Waals surface area contributed by atoms with Crippen molar-refractivity contribution in [1.82, 2.24) is 14.7 Å². The molecular weight excluding hydrogens is 375 g/mol. The summed E-state index contributed by atoms with van der Waals surface area (Å²) in [5.41, 5.74) is -0.120. The molecule has 1 amide bonds. The summed E-state index contributed by atoms with van der Waals surface area (Å²) >= 11 is 0. The minimum atomic E-state index is -4.46. The fourth-order valence-electron chi connectivity index (χ4n) is 3.42. The van der Waals surface area contributed by atoms with Gasteiger partial charge in [-0.15, -0.1) is 0 Å². The number of carboxylic acids is 1. The molecule has 0 unspecified atom stereocenters. The van der Waals surface area contributed by atoms with Gasteiger partial charge in [0.15, 0.2) is 5.69 Å². The van der Waals surface area contributed by atoms with Gasteiger partial charge in [0.2, 0.25) is 5.91 Å². The number of carbonyl (C=O) groups excluding carboxylic acids is 1. The maximum absolute atomic E-state index is 12.7. The molecule has 3 rings (SSSR count). The molecule has 1 fully saturated rings. The maximum Gasteiger partial charge on any atom is 0.435 e. The van der Waals surface area contributed by atoms with Gasteiger partial charge >= 0.3 is 12.1 Å². The average molecular weight is 395 g/mol. The van der Waals surface area contributed by atoms with E-state index in [2.05, 4.69) is 5.10 Å². The third-order valence-corrected chi connectivity index (χ3v) is 4.95. The number of alkyl halides is 3. The minimum Gasteiger partial charge on any atom is -0.478 e. The van der Waals surface area contributed by atoms with Crippen LogP contribution in [-0.4, -0.2) is 44.8 Å². The van der Waals surface area contributed by atoms with Crippen LogP contribution >= 0.6 is 0 Å². The van der Waals surface area contributed by atoms with Crippen molar-refractivity contribution in [1.29, 1.82) is 0 Å². The Morgan fingerprint density at radius 1 is 1.14 bits per heavy atom. The molecule has 1 saturated heterocycles. The Labute approximate surface area is 159 Å². The van der Waals surface area contributed by atoms with Crippen LogP contribution in [-0.2, 0) is 17.4 Å². The van der Waals surface area contributed by atoms with Crippen LogP contribution < -0.4 is 0 Å². The van der Waals surface area contributed by atoms with E-state index in [9.17, 15) is 27.9 Å². The number of nitrogens with zero attached hydrogens (tertiary/aromatic N) is 3. The van der Waals surface area contributed by atoms with Crippen LogP contribution in [0.5, 0.6) is 0 Å². The first kappa shape index (κ1) is 19.9. The van der Waals surface area contributed by atoms with E-state index in [1.54, 1.807) is 23.1 Å². The lowest BCUT2D eigenvalue weighted by Gasteiger charge is -2.32. The zero-order valence-electron chi connectivity index (χ0n) is 15.0. The van der Waals surface area contributed by atoms with E-state index in [1.165, 1.54) is 16.9 Å². The number of amides is 1. The number of aryl methyl sites for hydroxylation is 1. The van der Waals surface area contributed by atoms with Crippen LogP contribution in [0.15, 0.2) is 36.5 Å². The molecule has 2 aromatic rings. The first-order chi connectivity index (χ1) is 13.3. The Hall–Kier alpha value is -2.84. The fourth-order valence-corrected chi connectivity index (χ4v) is 3.42. The van der Waals surface area contributed by atoms with Crippen molar-refractivity contribution in [2.45, 2.75) is 37.9 Å². The van der Waals surface area contributed by atoms with E-state index in [4.69, 9.17) is 0 Å². The largest absolute Gasteiger partial charge is 0.478 e. The van der Waals surface area contributed by atoms with Crippen molar-refractivity contribution in [3.63, 3.8) is 0 Å². The van der Waals surface area contributed by atoms with E-state index in [0.717, 1.165) is 6.07 Å². The summed E-state index contributed by atoms with van der Waals surface area (Å²) < 4.78 is 39.3. The summed E-state index contributed by atoms with van der Waals surface area (Å²) in [4.78, 5) is 25.3. The number of halogens is 3. The molecule has 0 spiro atoms. The molecule has 9 heteroatoms. The molecule has 28 heavy (non-hydrogen) atoms. The molecule has 1 aliphatic rings. The molecule has 1 aromatic heterocycles. The van der Waals surface area contributed by atoms with E-state index in [0.29, 0.717) is 37.9 Å².